The Hall–Kier alpha value is -2.08. The molecule has 2 aromatic carbocycles. The molecule has 3 rings (SSSR count). The molecule has 1 heterocycles. The fourth-order valence-electron chi connectivity index (χ4n) is 2.46. The summed E-state index contributed by atoms with van der Waals surface area (Å²) in [5.41, 5.74) is 5.11. The number of aromatic nitrogens is 1. The van der Waals surface area contributed by atoms with Gasteiger partial charge in [0.25, 0.3) is 5.91 Å². The molecule has 27 heavy (non-hydrogen) atoms. The van der Waals surface area contributed by atoms with Crippen LogP contribution in [0, 0.1) is 6.92 Å². The molecule has 3 aromatic rings. The zero-order chi connectivity index (χ0) is 19.4. The molecule has 0 aliphatic rings. The molecule has 1 amide bonds. The van der Waals surface area contributed by atoms with E-state index in [1.807, 2.05) is 50.2 Å². The standard InChI is InChI=1S/C20H17Cl2N3OS/c1-12-4-3-5-14-10-15(19(22)24-18(12)14)11-23-25-20(26)13(2)27-17-8-6-16(21)7-9-17/h3-11,13H,1-2H3,(H,25,26)/b23-11-/t13-/m0/s1. The number of rotatable bonds is 5. The van der Waals surface area contributed by atoms with Crippen molar-refractivity contribution >= 4 is 58.0 Å². The number of nitrogens with zero attached hydrogens (tertiary/aromatic N) is 2. The number of aryl methyl sites for hydroxylation is 1. The Morgan fingerprint density at radius 3 is 2.70 bits per heavy atom. The van der Waals surface area contributed by atoms with Gasteiger partial charge in [-0.1, -0.05) is 41.4 Å². The predicted molar refractivity (Wildman–Crippen MR) is 114 cm³/mol. The highest BCUT2D eigenvalue weighted by Crippen LogP contribution is 2.25. The normalized spacial score (nSPS) is 12.4. The average Bonchev–Trinajstić information content (AvgIpc) is 2.64. The molecule has 7 heteroatoms. The van der Waals surface area contributed by atoms with E-state index in [1.54, 1.807) is 12.1 Å². The van der Waals surface area contributed by atoms with Crippen molar-refractivity contribution in [2.75, 3.05) is 0 Å². The van der Waals surface area contributed by atoms with Crippen LogP contribution in [0.4, 0.5) is 0 Å². The number of carbonyl (C=O) groups is 1. The van der Waals surface area contributed by atoms with Crippen molar-refractivity contribution in [1.82, 2.24) is 10.4 Å². The van der Waals surface area contributed by atoms with Gasteiger partial charge in [0.05, 0.1) is 17.0 Å². The van der Waals surface area contributed by atoms with Gasteiger partial charge in [0.15, 0.2) is 0 Å². The first-order chi connectivity index (χ1) is 12.9. The summed E-state index contributed by atoms with van der Waals surface area (Å²) in [7, 11) is 0. The van der Waals surface area contributed by atoms with Crippen LogP contribution in [-0.2, 0) is 4.79 Å². The van der Waals surface area contributed by atoms with Crippen molar-refractivity contribution < 1.29 is 4.79 Å². The minimum absolute atomic E-state index is 0.202. The van der Waals surface area contributed by atoms with Crippen molar-refractivity contribution in [3.8, 4) is 0 Å². The van der Waals surface area contributed by atoms with E-state index < -0.39 is 0 Å². The molecule has 1 atom stereocenters. The molecule has 0 aliphatic heterocycles. The van der Waals surface area contributed by atoms with Crippen molar-refractivity contribution in [2.45, 2.75) is 24.0 Å². The third-order valence-corrected chi connectivity index (χ3v) is 5.57. The van der Waals surface area contributed by atoms with Gasteiger partial charge in [-0.05, 0) is 49.7 Å². The monoisotopic (exact) mass is 417 g/mol. The molecule has 0 fully saturated rings. The second-order valence-corrected chi connectivity index (χ2v) is 8.17. The smallest absolute Gasteiger partial charge is 0.253 e. The summed E-state index contributed by atoms with van der Waals surface area (Å²) in [6.45, 7) is 3.80. The van der Waals surface area contributed by atoms with Crippen LogP contribution in [0.1, 0.15) is 18.1 Å². The summed E-state index contributed by atoms with van der Waals surface area (Å²) in [6.07, 6.45) is 1.51. The maximum atomic E-state index is 12.2. The predicted octanol–water partition coefficient (Wildman–Crippen LogP) is 5.48. The highest BCUT2D eigenvalue weighted by Gasteiger charge is 2.13. The molecule has 0 aliphatic carbocycles. The molecule has 0 unspecified atom stereocenters. The van der Waals surface area contributed by atoms with Gasteiger partial charge in [-0.2, -0.15) is 5.10 Å². The topological polar surface area (TPSA) is 54.4 Å². The molecule has 4 nitrogen and oxygen atoms in total. The molecule has 1 aromatic heterocycles. The Morgan fingerprint density at radius 2 is 1.96 bits per heavy atom. The molecule has 0 saturated heterocycles. The molecule has 138 valence electrons. The first kappa shape index (κ1) is 19.7. The first-order valence-corrected chi connectivity index (χ1v) is 9.88. The van der Waals surface area contributed by atoms with Gasteiger partial charge in [0, 0.05) is 20.9 Å². The van der Waals surface area contributed by atoms with Crippen molar-refractivity contribution in [3.63, 3.8) is 0 Å². The Kier molecular flexibility index (Phi) is 6.37. The number of carbonyl (C=O) groups excluding carboxylic acids is 1. The van der Waals surface area contributed by atoms with E-state index >= 15 is 0 Å². The number of nitrogens with one attached hydrogen (secondary N) is 1. The Labute approximate surface area is 172 Å². The molecule has 0 spiro atoms. The highest BCUT2D eigenvalue weighted by atomic mass is 35.5. The lowest BCUT2D eigenvalue weighted by atomic mass is 10.1. The number of pyridine rings is 1. The Bertz CT molecular complexity index is 1010. The van der Waals surface area contributed by atoms with Gasteiger partial charge in [-0.25, -0.2) is 10.4 Å². The van der Waals surface area contributed by atoms with Crippen LogP contribution < -0.4 is 5.43 Å². The van der Waals surface area contributed by atoms with Gasteiger partial charge in [-0.3, -0.25) is 4.79 Å². The van der Waals surface area contributed by atoms with E-state index in [0.717, 1.165) is 21.4 Å². The summed E-state index contributed by atoms with van der Waals surface area (Å²) in [5.74, 6) is -0.202. The minimum Gasteiger partial charge on any atom is -0.272 e. The zero-order valence-corrected chi connectivity index (χ0v) is 17.1. The van der Waals surface area contributed by atoms with E-state index in [4.69, 9.17) is 23.2 Å². The second kappa shape index (κ2) is 8.74. The number of halogens is 2. The molecule has 0 radical (unpaired) electrons. The lowest BCUT2D eigenvalue weighted by Gasteiger charge is -2.09. The minimum atomic E-state index is -0.309. The summed E-state index contributed by atoms with van der Waals surface area (Å²) >= 11 is 13.5. The summed E-state index contributed by atoms with van der Waals surface area (Å²) < 4.78 is 0. The summed E-state index contributed by atoms with van der Waals surface area (Å²) in [4.78, 5) is 17.6. The molecule has 1 N–H and O–H groups in total. The number of thioether (sulfide) groups is 1. The molecular weight excluding hydrogens is 401 g/mol. The summed E-state index contributed by atoms with van der Waals surface area (Å²) in [5, 5.41) is 5.70. The van der Waals surface area contributed by atoms with Gasteiger partial charge in [0.1, 0.15) is 5.15 Å². The van der Waals surface area contributed by atoms with Crippen molar-refractivity contribution in [2.24, 2.45) is 5.10 Å². The van der Waals surface area contributed by atoms with Gasteiger partial charge in [-0.15, -0.1) is 11.8 Å². The van der Waals surface area contributed by atoms with Crippen LogP contribution in [0.2, 0.25) is 10.2 Å². The number of hydrazone groups is 1. The zero-order valence-electron chi connectivity index (χ0n) is 14.7. The average molecular weight is 418 g/mol. The van der Waals surface area contributed by atoms with Crippen molar-refractivity contribution in [3.05, 3.63) is 69.8 Å². The van der Waals surface area contributed by atoms with E-state index in [-0.39, 0.29) is 11.2 Å². The first-order valence-electron chi connectivity index (χ1n) is 8.25. The number of fused-ring (bicyclic) bond motifs is 1. The van der Waals surface area contributed by atoms with Gasteiger partial charge in [0.2, 0.25) is 0 Å². The van der Waals surface area contributed by atoms with E-state index in [9.17, 15) is 4.79 Å². The fourth-order valence-corrected chi connectivity index (χ4v) is 3.63. The van der Waals surface area contributed by atoms with Crippen LogP contribution in [-0.4, -0.2) is 22.4 Å². The van der Waals surface area contributed by atoms with Gasteiger partial charge >= 0.3 is 0 Å². The number of hydrogen-bond acceptors (Lipinski definition) is 4. The maximum absolute atomic E-state index is 12.2. The molecule has 0 saturated carbocycles. The van der Waals surface area contributed by atoms with E-state index in [1.165, 1.54) is 18.0 Å². The van der Waals surface area contributed by atoms with Crippen LogP contribution in [0.25, 0.3) is 10.9 Å². The molecule has 0 bridgehead atoms. The lowest BCUT2D eigenvalue weighted by Crippen LogP contribution is -2.26. The molecular formula is C20H17Cl2N3OS. The van der Waals surface area contributed by atoms with E-state index in [0.29, 0.717) is 15.7 Å². The van der Waals surface area contributed by atoms with Crippen molar-refractivity contribution in [1.29, 1.82) is 0 Å². The summed E-state index contributed by atoms with van der Waals surface area (Å²) in [6, 6.07) is 15.2. The van der Waals surface area contributed by atoms with Crippen LogP contribution in [0.15, 0.2) is 58.5 Å². The maximum Gasteiger partial charge on any atom is 0.253 e. The third-order valence-electron chi connectivity index (χ3n) is 3.90. The van der Waals surface area contributed by atoms with Crippen LogP contribution in [0.3, 0.4) is 0 Å². The number of amides is 1. The Morgan fingerprint density at radius 1 is 1.22 bits per heavy atom. The van der Waals surface area contributed by atoms with Crippen LogP contribution in [0.5, 0.6) is 0 Å². The quantitative estimate of drug-likeness (QED) is 0.258. The number of hydrogen-bond donors (Lipinski definition) is 1. The van der Waals surface area contributed by atoms with Crippen LogP contribution >= 0.6 is 35.0 Å². The number of benzene rings is 2. The van der Waals surface area contributed by atoms with Gasteiger partial charge < -0.3 is 0 Å². The third kappa shape index (κ3) is 5.01. The van der Waals surface area contributed by atoms with E-state index in [2.05, 4.69) is 15.5 Å². The lowest BCUT2D eigenvalue weighted by molar-refractivity contribution is -0.120. The second-order valence-electron chi connectivity index (χ2n) is 5.96. The largest absolute Gasteiger partial charge is 0.272 e. The number of para-hydroxylation sites is 1. The SMILES string of the molecule is Cc1cccc2cc(/C=N\NC(=O)[C@H](C)Sc3ccc(Cl)cc3)c(Cl)nc12. The highest BCUT2D eigenvalue weighted by molar-refractivity contribution is 8.00. The fraction of sp³-hybridized carbons (Fsp3) is 0.150. The Balaban J connectivity index is 1.66.